The van der Waals surface area contributed by atoms with Gasteiger partial charge in [0.05, 0.1) is 5.39 Å². The quantitative estimate of drug-likeness (QED) is 0.642. The van der Waals surface area contributed by atoms with E-state index in [0.29, 0.717) is 5.92 Å². The van der Waals surface area contributed by atoms with Gasteiger partial charge in [0.1, 0.15) is 17.2 Å². The number of aromatic amines is 1. The van der Waals surface area contributed by atoms with Gasteiger partial charge in [-0.05, 0) is 37.0 Å². The molecule has 0 amide bonds. The van der Waals surface area contributed by atoms with E-state index in [-0.39, 0.29) is 11.7 Å². The van der Waals surface area contributed by atoms with Crippen LogP contribution in [-0.2, 0) is 0 Å². The first-order chi connectivity index (χ1) is 10.6. The Morgan fingerprint density at radius 3 is 3.05 bits per heavy atom. The maximum Gasteiger partial charge on any atom is 0.223 e. The molecule has 0 radical (unpaired) electrons. The van der Waals surface area contributed by atoms with E-state index >= 15 is 0 Å². The number of anilines is 2. The molecule has 1 saturated heterocycles. The number of rotatable bonds is 1. The molecule has 22 heavy (non-hydrogen) atoms. The Morgan fingerprint density at radius 1 is 1.36 bits per heavy atom. The van der Waals surface area contributed by atoms with Crippen molar-refractivity contribution in [3.05, 3.63) is 18.2 Å². The average molecular weight is 297 g/mol. The minimum Gasteiger partial charge on any atom is -0.508 e. The molecule has 0 saturated carbocycles. The summed E-state index contributed by atoms with van der Waals surface area (Å²) in [6, 6.07) is 5.27. The SMILES string of the molecule is CC1CCCN(c2nc(N)nc3[nH]c4ccc(O)cc4c23)C1. The predicted octanol–water partition coefficient (Wildman–Crippen LogP) is 2.64. The van der Waals surface area contributed by atoms with Crippen LogP contribution in [0.2, 0.25) is 0 Å². The molecular weight excluding hydrogens is 278 g/mol. The van der Waals surface area contributed by atoms with E-state index in [9.17, 15) is 5.11 Å². The van der Waals surface area contributed by atoms with Gasteiger partial charge >= 0.3 is 0 Å². The fourth-order valence-corrected chi connectivity index (χ4v) is 3.39. The van der Waals surface area contributed by atoms with Crippen LogP contribution in [-0.4, -0.2) is 33.1 Å². The smallest absolute Gasteiger partial charge is 0.223 e. The zero-order valence-corrected chi connectivity index (χ0v) is 12.5. The number of aromatic nitrogens is 3. The minimum atomic E-state index is 0.239. The van der Waals surface area contributed by atoms with E-state index in [1.54, 1.807) is 12.1 Å². The highest BCUT2D eigenvalue weighted by Crippen LogP contribution is 2.35. The van der Waals surface area contributed by atoms with Crippen molar-refractivity contribution in [2.24, 2.45) is 5.92 Å². The molecule has 1 aromatic carbocycles. The number of aromatic hydroxyl groups is 1. The van der Waals surface area contributed by atoms with Gasteiger partial charge in [-0.1, -0.05) is 6.92 Å². The summed E-state index contributed by atoms with van der Waals surface area (Å²) in [5.74, 6) is 2.02. The van der Waals surface area contributed by atoms with Crippen LogP contribution in [0.5, 0.6) is 5.75 Å². The monoisotopic (exact) mass is 297 g/mol. The Morgan fingerprint density at radius 2 is 2.23 bits per heavy atom. The van der Waals surface area contributed by atoms with E-state index < -0.39 is 0 Å². The van der Waals surface area contributed by atoms with Gasteiger partial charge in [-0.25, -0.2) is 0 Å². The summed E-state index contributed by atoms with van der Waals surface area (Å²) in [4.78, 5) is 14.4. The number of nitrogen functional groups attached to an aromatic ring is 1. The predicted molar refractivity (Wildman–Crippen MR) is 88.1 cm³/mol. The summed E-state index contributed by atoms with van der Waals surface area (Å²) in [5.41, 5.74) is 7.55. The molecule has 6 nitrogen and oxygen atoms in total. The van der Waals surface area contributed by atoms with Crippen LogP contribution in [0.4, 0.5) is 11.8 Å². The number of nitrogens with one attached hydrogen (secondary N) is 1. The van der Waals surface area contributed by atoms with Crippen LogP contribution in [0.25, 0.3) is 21.9 Å². The topological polar surface area (TPSA) is 91.1 Å². The number of hydrogen-bond acceptors (Lipinski definition) is 5. The molecule has 114 valence electrons. The fourth-order valence-electron chi connectivity index (χ4n) is 3.39. The van der Waals surface area contributed by atoms with Gasteiger partial charge in [0.2, 0.25) is 5.95 Å². The van der Waals surface area contributed by atoms with Gasteiger partial charge in [0.15, 0.2) is 0 Å². The Balaban J connectivity index is 1.99. The van der Waals surface area contributed by atoms with E-state index in [0.717, 1.165) is 47.3 Å². The summed E-state index contributed by atoms with van der Waals surface area (Å²) >= 11 is 0. The molecular formula is C16H19N5O. The van der Waals surface area contributed by atoms with Crippen molar-refractivity contribution in [3.63, 3.8) is 0 Å². The maximum absolute atomic E-state index is 9.81. The fraction of sp³-hybridized carbons (Fsp3) is 0.375. The normalized spacial score (nSPS) is 19.1. The lowest BCUT2D eigenvalue weighted by atomic mass is 10.00. The molecule has 0 aliphatic carbocycles. The maximum atomic E-state index is 9.81. The zero-order valence-electron chi connectivity index (χ0n) is 12.5. The summed E-state index contributed by atoms with van der Waals surface area (Å²) < 4.78 is 0. The van der Waals surface area contributed by atoms with Crippen LogP contribution in [0, 0.1) is 5.92 Å². The first kappa shape index (κ1) is 13.2. The average Bonchev–Trinajstić information content (AvgIpc) is 2.83. The van der Waals surface area contributed by atoms with Crippen molar-refractivity contribution in [2.75, 3.05) is 23.7 Å². The van der Waals surface area contributed by atoms with Crippen molar-refractivity contribution < 1.29 is 5.11 Å². The number of piperidine rings is 1. The number of phenols is 1. The zero-order chi connectivity index (χ0) is 15.3. The molecule has 1 aliphatic heterocycles. The highest BCUT2D eigenvalue weighted by Gasteiger charge is 2.22. The van der Waals surface area contributed by atoms with E-state index in [1.165, 1.54) is 6.42 Å². The van der Waals surface area contributed by atoms with Crippen LogP contribution in [0.1, 0.15) is 19.8 Å². The Bertz CT molecular complexity index is 856. The summed E-state index contributed by atoms with van der Waals surface area (Å²) in [6.45, 7) is 4.20. The van der Waals surface area contributed by atoms with Crippen molar-refractivity contribution in [1.82, 2.24) is 15.0 Å². The lowest BCUT2D eigenvalue weighted by Gasteiger charge is -2.32. The number of fused-ring (bicyclic) bond motifs is 3. The molecule has 3 aromatic rings. The van der Waals surface area contributed by atoms with E-state index in [1.807, 2.05) is 6.07 Å². The van der Waals surface area contributed by atoms with Gasteiger partial charge in [0, 0.05) is 24.0 Å². The second kappa shape index (κ2) is 4.76. The van der Waals surface area contributed by atoms with Gasteiger partial charge in [-0.15, -0.1) is 0 Å². The molecule has 1 fully saturated rings. The van der Waals surface area contributed by atoms with Crippen molar-refractivity contribution >= 4 is 33.7 Å². The third-order valence-corrected chi connectivity index (χ3v) is 4.39. The van der Waals surface area contributed by atoms with Crippen LogP contribution < -0.4 is 10.6 Å². The molecule has 1 aliphatic rings. The molecule has 6 heteroatoms. The number of nitrogens with two attached hydrogens (primary N) is 1. The number of phenolic OH excluding ortho intramolecular Hbond substituents is 1. The van der Waals surface area contributed by atoms with Crippen molar-refractivity contribution in [3.8, 4) is 5.75 Å². The lowest BCUT2D eigenvalue weighted by Crippen LogP contribution is -2.35. The Labute approximate surface area is 128 Å². The molecule has 2 aromatic heterocycles. The third-order valence-electron chi connectivity index (χ3n) is 4.39. The number of H-pyrrole nitrogens is 1. The summed E-state index contributed by atoms with van der Waals surface area (Å²) in [7, 11) is 0. The lowest BCUT2D eigenvalue weighted by molar-refractivity contribution is 0.445. The number of nitrogens with zero attached hydrogens (tertiary/aromatic N) is 3. The molecule has 0 spiro atoms. The second-order valence-electron chi connectivity index (χ2n) is 6.18. The van der Waals surface area contributed by atoms with Crippen molar-refractivity contribution in [2.45, 2.75) is 19.8 Å². The third kappa shape index (κ3) is 2.03. The van der Waals surface area contributed by atoms with Crippen LogP contribution >= 0.6 is 0 Å². The minimum absolute atomic E-state index is 0.239. The first-order valence-corrected chi connectivity index (χ1v) is 7.64. The molecule has 4 rings (SSSR count). The van der Waals surface area contributed by atoms with Gasteiger partial charge in [0.25, 0.3) is 0 Å². The van der Waals surface area contributed by atoms with Gasteiger partial charge in [-0.2, -0.15) is 9.97 Å². The first-order valence-electron chi connectivity index (χ1n) is 7.64. The van der Waals surface area contributed by atoms with Crippen molar-refractivity contribution in [1.29, 1.82) is 0 Å². The van der Waals surface area contributed by atoms with E-state index in [2.05, 4.69) is 26.8 Å². The van der Waals surface area contributed by atoms with Crippen LogP contribution in [0.15, 0.2) is 18.2 Å². The number of hydrogen-bond donors (Lipinski definition) is 3. The molecule has 3 heterocycles. The molecule has 4 N–H and O–H groups in total. The highest BCUT2D eigenvalue weighted by molar-refractivity contribution is 6.12. The summed E-state index contributed by atoms with van der Waals surface area (Å²) in [6.07, 6.45) is 2.40. The molecule has 0 bridgehead atoms. The summed E-state index contributed by atoms with van der Waals surface area (Å²) in [5, 5.41) is 11.7. The van der Waals surface area contributed by atoms with Crippen LogP contribution in [0.3, 0.4) is 0 Å². The van der Waals surface area contributed by atoms with Gasteiger partial charge in [-0.3, -0.25) is 0 Å². The van der Waals surface area contributed by atoms with Gasteiger partial charge < -0.3 is 20.7 Å². The Kier molecular flexibility index (Phi) is 2.85. The standard InChI is InChI=1S/C16H19N5O/c1-9-3-2-6-21(8-9)15-13-11-7-10(22)4-5-12(11)18-14(13)19-16(17)20-15/h4-5,7,9,22H,2-3,6,8H2,1H3,(H3,17,18,19,20). The van der Waals surface area contributed by atoms with E-state index in [4.69, 9.17) is 5.73 Å². The molecule has 1 unspecified atom stereocenters. The largest absolute Gasteiger partial charge is 0.508 e. The molecule has 1 atom stereocenters. The Hall–Kier alpha value is -2.50. The second-order valence-corrected chi connectivity index (χ2v) is 6.18. The highest BCUT2D eigenvalue weighted by atomic mass is 16.3. The number of benzene rings is 1.